The van der Waals surface area contributed by atoms with Gasteiger partial charge in [0, 0.05) is 44.2 Å². The lowest BCUT2D eigenvalue weighted by molar-refractivity contribution is -0.164. The third-order valence-corrected chi connectivity index (χ3v) is 6.64. The zero-order valence-corrected chi connectivity index (χ0v) is 20.7. The Morgan fingerprint density at radius 2 is 1.97 bits per heavy atom. The highest BCUT2D eigenvalue weighted by molar-refractivity contribution is 5.99. The van der Waals surface area contributed by atoms with Gasteiger partial charge in [0.15, 0.2) is 0 Å². The van der Waals surface area contributed by atoms with Gasteiger partial charge in [0.25, 0.3) is 5.91 Å². The summed E-state index contributed by atoms with van der Waals surface area (Å²) in [5, 5.41) is 13.6. The molecular weight excluding hydrogens is 484 g/mol. The Morgan fingerprint density at radius 3 is 2.62 bits per heavy atom. The van der Waals surface area contributed by atoms with E-state index >= 15 is 0 Å². The van der Waals surface area contributed by atoms with Crippen molar-refractivity contribution < 1.29 is 23.5 Å². The van der Waals surface area contributed by atoms with Crippen LogP contribution >= 0.6 is 0 Å². The average Bonchev–Trinajstić information content (AvgIpc) is 3.30. The Kier molecular flexibility index (Phi) is 7.39. The number of likely N-dealkylation sites (N-methyl/N-ethyl adjacent to an activating group) is 1. The fourth-order valence-electron chi connectivity index (χ4n) is 4.68. The number of hydrogen-bond donors (Lipinski definition) is 3. The standard InChI is InChI=1S/C25H29F2N7O3/c1-4-19(16-13-15(26)5-6-18(16)27)31-25(37)34-21(23(36)33(3)24-30-9-10-32(24)2)17(22(34)35)11-14-7-8-29-20(28)12-14/h5-10,12-13,17,19,21-22,35H,4,11H2,1-3H3,(H2,28,29)(H,31,37)/t17-,19?,21+,22?/m1/s1. The maximum absolute atomic E-state index is 14.4. The largest absolute Gasteiger partial charge is 0.384 e. The number of amides is 3. The molecule has 1 aliphatic heterocycles. The van der Waals surface area contributed by atoms with E-state index in [-0.39, 0.29) is 24.2 Å². The molecule has 3 heterocycles. The highest BCUT2D eigenvalue weighted by atomic mass is 19.1. The van der Waals surface area contributed by atoms with E-state index in [0.29, 0.717) is 5.95 Å². The molecule has 0 bridgehead atoms. The summed E-state index contributed by atoms with van der Waals surface area (Å²) in [6.45, 7) is 1.70. The number of benzene rings is 1. The van der Waals surface area contributed by atoms with Gasteiger partial charge in [-0.25, -0.2) is 23.5 Å². The van der Waals surface area contributed by atoms with E-state index in [9.17, 15) is 23.5 Å². The van der Waals surface area contributed by atoms with Crippen LogP contribution in [0.1, 0.15) is 30.5 Å². The first-order valence-corrected chi connectivity index (χ1v) is 11.8. The average molecular weight is 514 g/mol. The molecule has 3 amide bonds. The zero-order chi connectivity index (χ0) is 26.9. The number of carbonyl (C=O) groups excluding carboxylic acids is 2. The van der Waals surface area contributed by atoms with Gasteiger partial charge in [-0.2, -0.15) is 0 Å². The van der Waals surface area contributed by atoms with E-state index in [4.69, 9.17) is 5.73 Å². The third kappa shape index (κ3) is 5.10. The van der Waals surface area contributed by atoms with E-state index in [0.717, 1.165) is 28.7 Å². The molecule has 3 aromatic rings. The van der Waals surface area contributed by atoms with Gasteiger partial charge in [0.2, 0.25) is 5.95 Å². The van der Waals surface area contributed by atoms with Gasteiger partial charge in [0.05, 0.1) is 6.04 Å². The number of likely N-dealkylation sites (tertiary alicyclic amines) is 1. The minimum absolute atomic E-state index is 0.0253. The minimum atomic E-state index is -1.31. The number of aromatic nitrogens is 3. The summed E-state index contributed by atoms with van der Waals surface area (Å²) >= 11 is 0. The molecule has 12 heteroatoms. The van der Waals surface area contributed by atoms with Crippen LogP contribution in [0.2, 0.25) is 0 Å². The number of aryl methyl sites for hydroxylation is 1. The summed E-state index contributed by atoms with van der Waals surface area (Å²) in [6.07, 6.45) is 3.93. The van der Waals surface area contributed by atoms with E-state index < -0.39 is 47.8 Å². The number of urea groups is 1. The second kappa shape index (κ2) is 10.5. The third-order valence-electron chi connectivity index (χ3n) is 6.64. The number of nitrogens with zero attached hydrogens (tertiary/aromatic N) is 5. The molecule has 37 heavy (non-hydrogen) atoms. The number of aliphatic hydroxyl groups excluding tert-OH is 1. The second-order valence-electron chi connectivity index (χ2n) is 9.03. The number of imidazole rings is 1. The molecule has 4 atom stereocenters. The molecule has 0 aliphatic carbocycles. The summed E-state index contributed by atoms with van der Waals surface area (Å²) in [5.41, 5.74) is 6.50. The molecule has 4 rings (SSSR count). The zero-order valence-electron chi connectivity index (χ0n) is 20.7. The SMILES string of the molecule is CCC(NC(=O)N1C(O)[C@H](Cc2ccnc(N)c2)[C@H]1C(=O)N(C)c1nccn1C)c1cc(F)ccc1F. The lowest BCUT2D eigenvalue weighted by Gasteiger charge is -2.52. The molecule has 1 aliphatic rings. The quantitative estimate of drug-likeness (QED) is 0.445. The van der Waals surface area contributed by atoms with Crippen LogP contribution < -0.4 is 16.0 Å². The minimum Gasteiger partial charge on any atom is -0.384 e. The van der Waals surface area contributed by atoms with E-state index in [2.05, 4.69) is 15.3 Å². The number of carbonyl (C=O) groups is 2. The lowest BCUT2D eigenvalue weighted by Crippen LogP contribution is -2.72. The number of nitrogens with two attached hydrogens (primary N) is 1. The number of pyridine rings is 1. The van der Waals surface area contributed by atoms with Crippen LogP contribution in [0.15, 0.2) is 48.9 Å². The first-order chi connectivity index (χ1) is 17.6. The van der Waals surface area contributed by atoms with Crippen LogP contribution in [-0.2, 0) is 18.3 Å². The Morgan fingerprint density at radius 1 is 1.22 bits per heavy atom. The van der Waals surface area contributed by atoms with Crippen molar-refractivity contribution in [2.75, 3.05) is 17.7 Å². The molecule has 4 N–H and O–H groups in total. The first kappa shape index (κ1) is 26.0. The Labute approximate surface area is 212 Å². The van der Waals surface area contributed by atoms with Crippen LogP contribution in [0.25, 0.3) is 0 Å². The maximum Gasteiger partial charge on any atom is 0.320 e. The van der Waals surface area contributed by atoms with Crippen molar-refractivity contribution in [2.24, 2.45) is 13.0 Å². The number of hydrogen-bond acceptors (Lipinski definition) is 6. The molecule has 2 unspecified atom stereocenters. The Balaban J connectivity index is 1.61. The number of rotatable bonds is 7. The summed E-state index contributed by atoms with van der Waals surface area (Å²) in [7, 11) is 3.26. The molecule has 1 fully saturated rings. The van der Waals surface area contributed by atoms with Crippen LogP contribution in [0.5, 0.6) is 0 Å². The first-order valence-electron chi connectivity index (χ1n) is 11.8. The van der Waals surface area contributed by atoms with E-state index in [1.54, 1.807) is 36.9 Å². The van der Waals surface area contributed by atoms with Crippen LogP contribution in [0.4, 0.5) is 25.3 Å². The van der Waals surface area contributed by atoms with Crippen LogP contribution in [-0.4, -0.2) is 55.8 Å². The molecule has 1 saturated heterocycles. The summed E-state index contributed by atoms with van der Waals surface area (Å²) in [6, 6.07) is 3.64. The summed E-state index contributed by atoms with van der Waals surface area (Å²) in [4.78, 5) is 37.4. The van der Waals surface area contributed by atoms with E-state index in [1.165, 1.54) is 24.3 Å². The summed E-state index contributed by atoms with van der Waals surface area (Å²) in [5.74, 6) is -1.80. The molecule has 196 valence electrons. The molecule has 0 radical (unpaired) electrons. The van der Waals surface area contributed by atoms with Gasteiger partial charge in [-0.3, -0.25) is 14.6 Å². The molecule has 0 spiro atoms. The second-order valence-corrected chi connectivity index (χ2v) is 9.03. The summed E-state index contributed by atoms with van der Waals surface area (Å²) < 4.78 is 29.8. The molecular formula is C25H29F2N7O3. The van der Waals surface area contributed by atoms with Gasteiger partial charge in [-0.15, -0.1) is 0 Å². The Bertz CT molecular complexity index is 1300. The predicted octanol–water partition coefficient (Wildman–Crippen LogP) is 2.36. The maximum atomic E-state index is 14.4. The molecule has 0 saturated carbocycles. The monoisotopic (exact) mass is 513 g/mol. The fraction of sp³-hybridized carbons (Fsp3) is 0.360. The van der Waals surface area contributed by atoms with Crippen molar-refractivity contribution in [1.82, 2.24) is 24.8 Å². The predicted molar refractivity (Wildman–Crippen MR) is 132 cm³/mol. The highest BCUT2D eigenvalue weighted by Crippen LogP contribution is 2.36. The van der Waals surface area contributed by atoms with Gasteiger partial charge in [-0.05, 0) is 48.7 Å². The van der Waals surface area contributed by atoms with Crippen molar-refractivity contribution in [3.63, 3.8) is 0 Å². The molecule has 1 aromatic carbocycles. The van der Waals surface area contributed by atoms with Crippen molar-refractivity contribution in [3.8, 4) is 0 Å². The van der Waals surface area contributed by atoms with Crippen LogP contribution in [0.3, 0.4) is 0 Å². The topological polar surface area (TPSA) is 130 Å². The van der Waals surface area contributed by atoms with E-state index in [1.807, 2.05) is 0 Å². The molecule has 10 nitrogen and oxygen atoms in total. The van der Waals surface area contributed by atoms with Gasteiger partial charge < -0.3 is 20.7 Å². The highest BCUT2D eigenvalue weighted by Gasteiger charge is 2.55. The fourth-order valence-corrected chi connectivity index (χ4v) is 4.68. The van der Waals surface area contributed by atoms with Gasteiger partial charge in [0.1, 0.15) is 29.7 Å². The number of aliphatic hydroxyl groups is 1. The van der Waals surface area contributed by atoms with Crippen LogP contribution in [0, 0.1) is 17.6 Å². The van der Waals surface area contributed by atoms with Crippen molar-refractivity contribution >= 4 is 23.7 Å². The van der Waals surface area contributed by atoms with Gasteiger partial charge in [-0.1, -0.05) is 6.92 Å². The lowest BCUT2D eigenvalue weighted by atomic mass is 9.80. The molecule has 2 aromatic heterocycles. The van der Waals surface area contributed by atoms with Gasteiger partial charge >= 0.3 is 6.03 Å². The number of halogens is 2. The van der Waals surface area contributed by atoms with Crippen molar-refractivity contribution in [1.29, 1.82) is 0 Å². The number of nitrogen functional groups attached to an aromatic ring is 1. The normalized spacial score (nSPS) is 19.7. The number of anilines is 2. The van der Waals surface area contributed by atoms with Crippen molar-refractivity contribution in [3.05, 3.63) is 71.7 Å². The smallest absolute Gasteiger partial charge is 0.320 e. The number of nitrogens with one attached hydrogen (secondary N) is 1. The van der Waals surface area contributed by atoms with Crippen molar-refractivity contribution in [2.45, 2.75) is 38.1 Å². The Hall–Kier alpha value is -4.06.